The van der Waals surface area contributed by atoms with Crippen LogP contribution < -0.4 is 11.1 Å². The van der Waals surface area contributed by atoms with Gasteiger partial charge in [0.1, 0.15) is 5.82 Å². The number of hydrogen-bond donors (Lipinski definition) is 2. The van der Waals surface area contributed by atoms with Gasteiger partial charge in [0.25, 0.3) is 5.91 Å². The van der Waals surface area contributed by atoms with Gasteiger partial charge < -0.3 is 16.0 Å². The fourth-order valence-electron chi connectivity index (χ4n) is 3.85. The van der Waals surface area contributed by atoms with E-state index in [4.69, 9.17) is 5.73 Å². The Labute approximate surface area is 175 Å². The van der Waals surface area contributed by atoms with E-state index in [0.29, 0.717) is 17.4 Å². The monoisotopic (exact) mass is 409 g/mol. The van der Waals surface area contributed by atoms with E-state index in [1.165, 1.54) is 37.3 Å². The molecule has 6 nitrogen and oxygen atoms in total. The van der Waals surface area contributed by atoms with E-state index in [2.05, 4.69) is 27.2 Å². The van der Waals surface area contributed by atoms with Gasteiger partial charge in [-0.1, -0.05) is 12.1 Å². The molecule has 1 saturated heterocycles. The number of nitrogen functional groups attached to an aromatic ring is 1. The average Bonchev–Trinajstić information content (AvgIpc) is 3.21. The quantitative estimate of drug-likeness (QED) is 0.651. The van der Waals surface area contributed by atoms with Crippen molar-refractivity contribution in [1.29, 1.82) is 0 Å². The number of carbonyl (C=O) groups is 1. The second-order valence-electron chi connectivity index (χ2n) is 7.86. The topological polar surface area (TPSA) is 84.1 Å². The van der Waals surface area contributed by atoms with E-state index in [0.717, 1.165) is 40.8 Å². The van der Waals surface area contributed by atoms with Crippen LogP contribution >= 0.6 is 11.3 Å². The summed E-state index contributed by atoms with van der Waals surface area (Å²) in [7, 11) is 2.19. The molecule has 0 aliphatic carbocycles. The van der Waals surface area contributed by atoms with Gasteiger partial charge in [0.2, 0.25) is 0 Å². The van der Waals surface area contributed by atoms with Gasteiger partial charge in [-0.25, -0.2) is 9.97 Å². The number of nitrogens with zero attached hydrogens (tertiary/aromatic N) is 3. The van der Waals surface area contributed by atoms with Crippen molar-refractivity contribution in [2.75, 3.05) is 25.9 Å². The van der Waals surface area contributed by atoms with Crippen LogP contribution in [0.5, 0.6) is 0 Å². The van der Waals surface area contributed by atoms with E-state index < -0.39 is 0 Å². The Bertz CT molecular complexity index is 994. The number of aryl methyl sites for hydroxylation is 1. The third kappa shape index (κ3) is 4.92. The zero-order chi connectivity index (χ0) is 20.2. The largest absolute Gasteiger partial charge is 0.383 e. The summed E-state index contributed by atoms with van der Waals surface area (Å²) in [4.78, 5) is 23.5. The first kappa shape index (κ1) is 19.8. The van der Waals surface area contributed by atoms with Crippen molar-refractivity contribution in [2.24, 2.45) is 5.92 Å². The highest BCUT2D eigenvalue weighted by atomic mass is 32.1. The van der Waals surface area contributed by atoms with Gasteiger partial charge in [-0.2, -0.15) is 0 Å². The summed E-state index contributed by atoms with van der Waals surface area (Å²) in [6, 6.07) is 7.87. The zero-order valence-corrected chi connectivity index (χ0v) is 17.5. The SMILES string of the molecule is CN1CCC(CCc2csc(C(=O)NCc3ccc4c(N)nccc4c3)n2)CC1. The summed E-state index contributed by atoms with van der Waals surface area (Å²) in [5.41, 5.74) is 7.95. The number of carbonyl (C=O) groups excluding carboxylic acids is 1. The minimum absolute atomic E-state index is 0.116. The summed E-state index contributed by atoms with van der Waals surface area (Å²) >= 11 is 1.43. The smallest absolute Gasteiger partial charge is 0.280 e. The Kier molecular flexibility index (Phi) is 6.06. The first-order valence-corrected chi connectivity index (χ1v) is 11.0. The zero-order valence-electron chi connectivity index (χ0n) is 16.7. The van der Waals surface area contributed by atoms with Crippen molar-refractivity contribution in [3.05, 3.63) is 52.1 Å². The molecule has 0 radical (unpaired) electrons. The molecule has 0 unspecified atom stereocenters. The van der Waals surface area contributed by atoms with Gasteiger partial charge >= 0.3 is 0 Å². The Morgan fingerprint density at radius 3 is 2.97 bits per heavy atom. The number of nitrogens with one attached hydrogen (secondary N) is 1. The highest BCUT2D eigenvalue weighted by Gasteiger charge is 2.17. The molecule has 2 aromatic heterocycles. The van der Waals surface area contributed by atoms with Crippen LogP contribution in [0.2, 0.25) is 0 Å². The van der Waals surface area contributed by atoms with E-state index in [9.17, 15) is 4.79 Å². The summed E-state index contributed by atoms with van der Waals surface area (Å²) < 4.78 is 0. The number of pyridine rings is 1. The Morgan fingerprint density at radius 1 is 1.31 bits per heavy atom. The molecular formula is C22H27N5OS. The highest BCUT2D eigenvalue weighted by molar-refractivity contribution is 7.11. The van der Waals surface area contributed by atoms with Crippen LogP contribution in [0.4, 0.5) is 5.82 Å². The number of anilines is 1. The highest BCUT2D eigenvalue weighted by Crippen LogP contribution is 2.23. The number of nitrogens with two attached hydrogens (primary N) is 1. The molecule has 1 aliphatic heterocycles. The summed E-state index contributed by atoms with van der Waals surface area (Å²) in [6.07, 6.45) is 6.34. The van der Waals surface area contributed by atoms with Crippen molar-refractivity contribution in [3.63, 3.8) is 0 Å². The molecule has 0 atom stereocenters. The lowest BCUT2D eigenvalue weighted by Gasteiger charge is -2.28. The van der Waals surface area contributed by atoms with Crippen molar-refractivity contribution < 1.29 is 4.79 Å². The first-order chi connectivity index (χ1) is 14.1. The van der Waals surface area contributed by atoms with Crippen molar-refractivity contribution in [1.82, 2.24) is 20.2 Å². The fourth-order valence-corrected chi connectivity index (χ4v) is 4.61. The van der Waals surface area contributed by atoms with E-state index >= 15 is 0 Å². The molecule has 152 valence electrons. The van der Waals surface area contributed by atoms with Crippen molar-refractivity contribution in [2.45, 2.75) is 32.2 Å². The molecule has 1 aromatic carbocycles. The summed E-state index contributed by atoms with van der Waals surface area (Å²) in [5.74, 6) is 1.19. The number of piperidine rings is 1. The molecular weight excluding hydrogens is 382 g/mol. The number of aromatic nitrogens is 2. The van der Waals surface area contributed by atoms with Crippen LogP contribution in [0.25, 0.3) is 10.8 Å². The number of fused-ring (bicyclic) bond motifs is 1. The van der Waals surface area contributed by atoms with E-state index in [1.807, 2.05) is 29.6 Å². The van der Waals surface area contributed by atoms with Crippen LogP contribution in [0.3, 0.4) is 0 Å². The lowest BCUT2D eigenvalue weighted by atomic mass is 9.92. The third-order valence-corrected chi connectivity index (χ3v) is 6.60. The van der Waals surface area contributed by atoms with Gasteiger partial charge in [0.15, 0.2) is 5.01 Å². The number of amides is 1. The molecule has 0 spiro atoms. The Balaban J connectivity index is 1.30. The number of likely N-dealkylation sites (tertiary alicyclic amines) is 1. The molecule has 29 heavy (non-hydrogen) atoms. The first-order valence-electron chi connectivity index (χ1n) is 10.1. The van der Waals surface area contributed by atoms with Crippen LogP contribution in [-0.2, 0) is 13.0 Å². The maximum atomic E-state index is 12.5. The van der Waals surface area contributed by atoms with Gasteiger partial charge in [0, 0.05) is 23.5 Å². The molecule has 7 heteroatoms. The molecule has 1 fully saturated rings. The Hall–Kier alpha value is -2.51. The molecule has 3 heterocycles. The average molecular weight is 410 g/mol. The Morgan fingerprint density at radius 2 is 2.14 bits per heavy atom. The summed E-state index contributed by atoms with van der Waals surface area (Å²) in [5, 5.41) is 7.49. The molecule has 3 N–H and O–H groups in total. The molecule has 0 bridgehead atoms. The van der Waals surface area contributed by atoms with Gasteiger partial charge in [-0.3, -0.25) is 4.79 Å². The molecule has 3 aromatic rings. The molecule has 0 saturated carbocycles. The van der Waals surface area contributed by atoms with Gasteiger partial charge in [-0.05, 0) is 74.8 Å². The van der Waals surface area contributed by atoms with E-state index in [1.54, 1.807) is 6.20 Å². The number of thiazole rings is 1. The molecule has 4 rings (SSSR count). The molecule has 1 aliphatic rings. The minimum atomic E-state index is -0.116. The van der Waals surface area contributed by atoms with Crippen LogP contribution in [0.15, 0.2) is 35.8 Å². The number of rotatable bonds is 6. The van der Waals surface area contributed by atoms with Crippen LogP contribution in [0, 0.1) is 5.92 Å². The lowest BCUT2D eigenvalue weighted by Crippen LogP contribution is -2.30. The van der Waals surface area contributed by atoms with Gasteiger partial charge in [-0.15, -0.1) is 11.3 Å². The minimum Gasteiger partial charge on any atom is -0.383 e. The van der Waals surface area contributed by atoms with Crippen molar-refractivity contribution in [3.8, 4) is 0 Å². The maximum absolute atomic E-state index is 12.5. The predicted molar refractivity (Wildman–Crippen MR) is 118 cm³/mol. The third-order valence-electron chi connectivity index (χ3n) is 5.71. The predicted octanol–water partition coefficient (Wildman–Crippen LogP) is 3.48. The van der Waals surface area contributed by atoms with Crippen LogP contribution in [-0.4, -0.2) is 40.9 Å². The molecule has 1 amide bonds. The maximum Gasteiger partial charge on any atom is 0.280 e. The van der Waals surface area contributed by atoms with Gasteiger partial charge in [0.05, 0.1) is 5.69 Å². The second kappa shape index (κ2) is 8.88. The number of hydrogen-bond acceptors (Lipinski definition) is 6. The lowest BCUT2D eigenvalue weighted by molar-refractivity contribution is 0.0950. The fraction of sp³-hybridized carbons (Fsp3) is 0.409. The standard InChI is InChI=1S/C22H27N5OS/c1-27-10-7-15(8-11-27)2-4-18-14-29-22(26-18)21(28)25-13-16-3-5-19-17(12-16)6-9-24-20(19)23/h3,5-6,9,12,14-15H,2,4,7-8,10-11,13H2,1H3,(H2,23,24)(H,25,28). The second-order valence-corrected chi connectivity index (χ2v) is 8.72. The normalized spacial score (nSPS) is 15.6. The summed E-state index contributed by atoms with van der Waals surface area (Å²) in [6.45, 7) is 2.84. The van der Waals surface area contributed by atoms with Crippen molar-refractivity contribution >= 4 is 33.8 Å². The number of benzene rings is 1. The van der Waals surface area contributed by atoms with Crippen LogP contribution in [0.1, 0.15) is 40.3 Å². The van der Waals surface area contributed by atoms with E-state index in [-0.39, 0.29) is 5.91 Å².